The Balaban J connectivity index is 0.000000286. The number of carboxylic acid groups (broad SMARTS) is 2. The molecule has 0 unspecified atom stereocenters. The fourth-order valence-corrected chi connectivity index (χ4v) is 4.75. The number of aliphatic carboxylic acids is 2. The molecule has 1 aromatic heterocycles. The lowest BCUT2D eigenvalue weighted by Gasteiger charge is -2.50. The number of hydrogen-bond donors (Lipinski definition) is 2. The fourth-order valence-electron chi connectivity index (χ4n) is 4.75. The standard InChI is InChI=1S/C18H30N4O.2C2HF3O2/c1-15-13-19-17-18(20(2)9-10-22(15)17)5-7-21(8-6-18)14-16-3-11-23-12-4-16;2*3-2(4,5)1(6)7/h13,16H,3-12,14H2,1-2H3;2*(H,6,7). The first-order valence-electron chi connectivity index (χ1n) is 11.7. The first-order chi connectivity index (χ1) is 17.1. The van der Waals surface area contributed by atoms with Crippen LogP contribution >= 0.6 is 0 Å². The summed E-state index contributed by atoms with van der Waals surface area (Å²) in [5.41, 5.74) is 1.48. The molecule has 37 heavy (non-hydrogen) atoms. The van der Waals surface area contributed by atoms with E-state index >= 15 is 0 Å². The van der Waals surface area contributed by atoms with E-state index in [2.05, 4.69) is 34.5 Å². The van der Waals surface area contributed by atoms with Crippen molar-refractivity contribution in [3.63, 3.8) is 0 Å². The Morgan fingerprint density at radius 2 is 1.49 bits per heavy atom. The summed E-state index contributed by atoms with van der Waals surface area (Å²) in [7, 11) is 2.29. The summed E-state index contributed by atoms with van der Waals surface area (Å²) in [5.74, 6) is -3.36. The quantitative estimate of drug-likeness (QED) is 0.545. The zero-order valence-corrected chi connectivity index (χ0v) is 20.6. The maximum Gasteiger partial charge on any atom is 0.490 e. The van der Waals surface area contributed by atoms with Crippen molar-refractivity contribution in [2.45, 2.75) is 57.0 Å². The highest BCUT2D eigenvalue weighted by molar-refractivity contribution is 5.73. The van der Waals surface area contributed by atoms with Crippen LogP contribution in [0.4, 0.5) is 26.3 Å². The second-order valence-electron chi connectivity index (χ2n) is 9.29. The van der Waals surface area contributed by atoms with Crippen molar-refractivity contribution in [2.75, 3.05) is 46.4 Å². The van der Waals surface area contributed by atoms with Gasteiger partial charge in [0.1, 0.15) is 5.82 Å². The third-order valence-corrected chi connectivity index (χ3v) is 6.89. The van der Waals surface area contributed by atoms with Gasteiger partial charge in [0.2, 0.25) is 0 Å². The van der Waals surface area contributed by atoms with E-state index in [1.807, 2.05) is 0 Å². The number of aryl methyl sites for hydroxylation is 1. The molecule has 9 nitrogen and oxygen atoms in total. The normalized spacial score (nSPS) is 20.8. The Morgan fingerprint density at radius 1 is 1.00 bits per heavy atom. The summed E-state index contributed by atoms with van der Waals surface area (Å²) in [4.78, 5) is 27.9. The number of likely N-dealkylation sites (N-methyl/N-ethyl adjacent to an activating group) is 1. The molecule has 0 atom stereocenters. The first-order valence-corrected chi connectivity index (χ1v) is 11.7. The molecular weight excluding hydrogens is 514 g/mol. The SMILES string of the molecule is Cc1cnc2n1CCN(C)C21CCN(CC2CCOCC2)CC1.O=C(O)C(F)(F)F.O=C(O)C(F)(F)F. The predicted octanol–water partition coefficient (Wildman–Crippen LogP) is 3.12. The average molecular weight is 547 g/mol. The molecule has 0 radical (unpaired) electrons. The summed E-state index contributed by atoms with van der Waals surface area (Å²) in [6.45, 7) is 10.0. The number of rotatable bonds is 2. The minimum absolute atomic E-state index is 0.165. The molecule has 1 aromatic rings. The van der Waals surface area contributed by atoms with Gasteiger partial charge in [-0.1, -0.05) is 0 Å². The van der Waals surface area contributed by atoms with E-state index in [0.29, 0.717) is 0 Å². The van der Waals surface area contributed by atoms with E-state index in [1.54, 1.807) is 0 Å². The van der Waals surface area contributed by atoms with Crippen molar-refractivity contribution in [3.8, 4) is 0 Å². The van der Waals surface area contributed by atoms with E-state index in [0.717, 1.165) is 32.2 Å². The molecule has 1 spiro atoms. The molecule has 0 saturated carbocycles. The number of piperidine rings is 1. The van der Waals surface area contributed by atoms with Gasteiger partial charge in [-0.3, -0.25) is 4.90 Å². The van der Waals surface area contributed by atoms with Crippen molar-refractivity contribution >= 4 is 11.9 Å². The molecule has 212 valence electrons. The number of carbonyl (C=O) groups is 2. The molecule has 2 N–H and O–H groups in total. The molecule has 3 aliphatic rings. The van der Waals surface area contributed by atoms with Crippen LogP contribution in [-0.4, -0.2) is 100 Å². The second kappa shape index (κ2) is 12.4. The third kappa shape index (κ3) is 8.30. The average Bonchev–Trinajstić information content (AvgIpc) is 3.19. The molecule has 0 aromatic carbocycles. The van der Waals surface area contributed by atoms with Crippen LogP contribution in [0.25, 0.3) is 0 Å². The Labute approximate surface area is 210 Å². The largest absolute Gasteiger partial charge is 0.490 e. The number of likely N-dealkylation sites (tertiary alicyclic amines) is 1. The molecule has 4 rings (SSSR count). The zero-order chi connectivity index (χ0) is 28.0. The van der Waals surface area contributed by atoms with Crippen LogP contribution in [0.15, 0.2) is 6.20 Å². The number of aromatic nitrogens is 2. The van der Waals surface area contributed by atoms with Gasteiger partial charge in [0, 0.05) is 57.8 Å². The van der Waals surface area contributed by atoms with Gasteiger partial charge >= 0.3 is 24.3 Å². The van der Waals surface area contributed by atoms with Crippen LogP contribution in [0, 0.1) is 12.8 Å². The van der Waals surface area contributed by atoms with Gasteiger partial charge in [0.25, 0.3) is 0 Å². The number of imidazole rings is 1. The highest BCUT2D eigenvalue weighted by atomic mass is 19.4. The molecule has 0 amide bonds. The Bertz CT molecular complexity index is 882. The molecule has 2 saturated heterocycles. The van der Waals surface area contributed by atoms with Crippen LogP contribution in [0.1, 0.15) is 37.2 Å². The van der Waals surface area contributed by atoms with E-state index in [1.165, 1.54) is 56.8 Å². The van der Waals surface area contributed by atoms with Gasteiger partial charge in [-0.05, 0) is 45.6 Å². The Kier molecular flexibility index (Phi) is 10.4. The number of ether oxygens (including phenoxy) is 1. The van der Waals surface area contributed by atoms with Crippen LogP contribution < -0.4 is 0 Å². The lowest BCUT2D eigenvalue weighted by Crippen LogP contribution is -2.56. The number of alkyl halides is 6. The summed E-state index contributed by atoms with van der Waals surface area (Å²) in [6.07, 6.45) is -3.20. The van der Waals surface area contributed by atoms with Crippen molar-refractivity contribution in [1.82, 2.24) is 19.4 Å². The molecule has 0 aliphatic carbocycles. The lowest BCUT2D eigenvalue weighted by atomic mass is 9.83. The predicted molar refractivity (Wildman–Crippen MR) is 118 cm³/mol. The van der Waals surface area contributed by atoms with Gasteiger partial charge < -0.3 is 24.4 Å². The molecule has 2 fully saturated rings. The van der Waals surface area contributed by atoms with Gasteiger partial charge in [-0.2, -0.15) is 26.3 Å². The van der Waals surface area contributed by atoms with Gasteiger partial charge in [0.05, 0.1) is 5.54 Å². The smallest absolute Gasteiger partial charge is 0.475 e. The van der Waals surface area contributed by atoms with Gasteiger partial charge in [0.15, 0.2) is 0 Å². The Morgan fingerprint density at radius 3 is 1.95 bits per heavy atom. The fraction of sp³-hybridized carbons (Fsp3) is 0.773. The lowest BCUT2D eigenvalue weighted by molar-refractivity contribution is -0.193. The molecule has 4 heterocycles. The van der Waals surface area contributed by atoms with E-state index in [4.69, 9.17) is 29.5 Å². The molecule has 15 heteroatoms. The maximum atomic E-state index is 10.6. The minimum atomic E-state index is -5.08. The minimum Gasteiger partial charge on any atom is -0.475 e. The maximum absolute atomic E-state index is 10.6. The summed E-state index contributed by atoms with van der Waals surface area (Å²) in [6, 6.07) is 0. The van der Waals surface area contributed by atoms with Crippen LogP contribution in [-0.2, 0) is 26.4 Å². The van der Waals surface area contributed by atoms with E-state index in [9.17, 15) is 26.3 Å². The number of hydrogen-bond acceptors (Lipinski definition) is 6. The topological polar surface area (TPSA) is 108 Å². The summed E-state index contributed by atoms with van der Waals surface area (Å²) >= 11 is 0. The van der Waals surface area contributed by atoms with Crippen LogP contribution in [0.3, 0.4) is 0 Å². The zero-order valence-electron chi connectivity index (χ0n) is 20.6. The molecule has 0 bridgehead atoms. The Hall–Kier alpha value is -2.39. The van der Waals surface area contributed by atoms with E-state index < -0.39 is 24.3 Å². The highest BCUT2D eigenvalue weighted by Crippen LogP contribution is 2.40. The van der Waals surface area contributed by atoms with Crippen LogP contribution in [0.5, 0.6) is 0 Å². The second-order valence-corrected chi connectivity index (χ2v) is 9.29. The number of carboxylic acids is 2. The number of halogens is 6. The van der Waals surface area contributed by atoms with Gasteiger partial charge in [-0.15, -0.1) is 0 Å². The summed E-state index contributed by atoms with van der Waals surface area (Å²) in [5, 5.41) is 14.2. The summed E-state index contributed by atoms with van der Waals surface area (Å²) < 4.78 is 71.4. The molecule has 3 aliphatic heterocycles. The third-order valence-electron chi connectivity index (χ3n) is 6.89. The molecular formula is C22H32F6N4O5. The first kappa shape index (κ1) is 30.8. The van der Waals surface area contributed by atoms with Crippen molar-refractivity contribution in [1.29, 1.82) is 0 Å². The van der Waals surface area contributed by atoms with Crippen molar-refractivity contribution < 1.29 is 50.9 Å². The van der Waals surface area contributed by atoms with Crippen LogP contribution in [0.2, 0.25) is 0 Å². The monoisotopic (exact) mass is 546 g/mol. The van der Waals surface area contributed by atoms with Crippen molar-refractivity contribution in [3.05, 3.63) is 17.7 Å². The van der Waals surface area contributed by atoms with Gasteiger partial charge in [-0.25, -0.2) is 14.6 Å². The van der Waals surface area contributed by atoms with E-state index in [-0.39, 0.29) is 5.54 Å². The highest BCUT2D eigenvalue weighted by Gasteiger charge is 2.45. The van der Waals surface area contributed by atoms with Crippen molar-refractivity contribution in [2.24, 2.45) is 5.92 Å². The number of fused-ring (bicyclic) bond motifs is 2. The number of nitrogens with zero attached hydrogens (tertiary/aromatic N) is 4.